The van der Waals surface area contributed by atoms with Gasteiger partial charge in [-0.25, -0.2) is 4.79 Å². The zero-order chi connectivity index (χ0) is 32.4. The minimum atomic E-state index is -2.84. The minimum absolute atomic E-state index is 0.0718. The van der Waals surface area contributed by atoms with Gasteiger partial charge in [0.15, 0.2) is 34.7 Å². The van der Waals surface area contributed by atoms with E-state index in [1.807, 2.05) is 0 Å². The molecule has 2 amide bonds. The van der Waals surface area contributed by atoms with E-state index < -0.39 is 76.2 Å². The van der Waals surface area contributed by atoms with E-state index in [2.05, 4.69) is 5.32 Å². The van der Waals surface area contributed by atoms with Gasteiger partial charge in [0.05, 0.1) is 23.2 Å². The highest BCUT2D eigenvalue weighted by Crippen LogP contribution is 2.52. The fraction of sp³-hybridized carbons (Fsp3) is 0.400. The maximum absolute atomic E-state index is 14.1. The summed E-state index contributed by atoms with van der Waals surface area (Å²) in [5.74, 6) is -11.6. The van der Waals surface area contributed by atoms with Crippen molar-refractivity contribution in [2.24, 2.45) is 29.4 Å². The van der Waals surface area contributed by atoms with Crippen LogP contribution in [0.2, 0.25) is 5.02 Å². The van der Waals surface area contributed by atoms with Gasteiger partial charge in [-0.3, -0.25) is 34.2 Å². The van der Waals surface area contributed by atoms with E-state index in [-0.39, 0.29) is 29.8 Å². The lowest BCUT2D eigenvalue weighted by atomic mass is 9.52. The number of phenolic OH excluding ortho intramolecular Hbond substituents is 1. The first-order chi connectivity index (χ1) is 20.6. The number of carbonyl (C=O) groups excluding carboxylic acids is 6. The number of Topliss-reactive ketones (excluding diaryl/α,β-unsaturated/α-hetero) is 4. The molecule has 0 saturated heterocycles. The molecular weight excluding hydrogens is 596 g/mol. The van der Waals surface area contributed by atoms with Crippen LogP contribution in [0.3, 0.4) is 0 Å². The van der Waals surface area contributed by atoms with Crippen molar-refractivity contribution in [1.29, 1.82) is 0 Å². The number of hydrogen-bond acceptors (Lipinski definition) is 11. The van der Waals surface area contributed by atoms with E-state index in [4.69, 9.17) is 22.1 Å². The van der Waals surface area contributed by atoms with Crippen molar-refractivity contribution >= 4 is 58.1 Å². The molecular formula is C30H31ClN4O9. The molecule has 0 bridgehead atoms. The van der Waals surface area contributed by atoms with Crippen LogP contribution in [0.4, 0.5) is 16.2 Å². The molecule has 0 aliphatic heterocycles. The predicted octanol–water partition coefficient (Wildman–Crippen LogP) is 1.20. The SMILES string of the molecule is CN(C)c1cc(NC(=O)Oc2ccc(Cl)cc2)c(O)c2c1C[C@@H]1C[C@@H]3[C@@H](N(C)C)C(=O)C(C(N)=O)C(=O)[C@]3(O)C(=O)C1C2=O. The molecule has 2 unspecified atom stereocenters. The number of halogens is 1. The first kappa shape index (κ1) is 31.1. The Bertz CT molecular complexity index is 1620. The molecule has 44 heavy (non-hydrogen) atoms. The van der Waals surface area contributed by atoms with Crippen LogP contribution in [0, 0.1) is 23.7 Å². The Balaban J connectivity index is 1.57. The molecule has 2 saturated carbocycles. The molecule has 2 aromatic rings. The molecule has 6 atom stereocenters. The topological polar surface area (TPSA) is 197 Å². The molecule has 232 valence electrons. The molecule has 3 aliphatic carbocycles. The van der Waals surface area contributed by atoms with Gasteiger partial charge in [0.1, 0.15) is 11.5 Å². The fourth-order valence-corrected chi connectivity index (χ4v) is 7.02. The Morgan fingerprint density at radius 3 is 2.27 bits per heavy atom. The number of carbonyl (C=O) groups is 6. The number of fused-ring (bicyclic) bond motifs is 3. The van der Waals surface area contributed by atoms with E-state index in [0.29, 0.717) is 16.3 Å². The molecule has 0 spiro atoms. The number of primary amides is 1. The number of nitrogens with zero attached hydrogens (tertiary/aromatic N) is 2. The number of hydrogen-bond donors (Lipinski definition) is 4. The maximum atomic E-state index is 14.1. The highest BCUT2D eigenvalue weighted by atomic mass is 35.5. The lowest BCUT2D eigenvalue weighted by molar-refractivity contribution is -0.181. The summed E-state index contributed by atoms with van der Waals surface area (Å²) in [5, 5.41) is 25.9. The molecule has 0 radical (unpaired) electrons. The number of phenols is 1. The number of benzene rings is 2. The zero-order valence-electron chi connectivity index (χ0n) is 24.3. The Morgan fingerprint density at radius 2 is 1.70 bits per heavy atom. The van der Waals surface area contributed by atoms with Gasteiger partial charge in [0, 0.05) is 30.7 Å². The summed E-state index contributed by atoms with van der Waals surface area (Å²) in [4.78, 5) is 82.8. The van der Waals surface area contributed by atoms with Crippen molar-refractivity contribution in [2.45, 2.75) is 24.5 Å². The third-order valence-corrected chi connectivity index (χ3v) is 9.03. The molecule has 13 nitrogen and oxygen atoms in total. The van der Waals surface area contributed by atoms with Crippen LogP contribution in [0.25, 0.3) is 0 Å². The molecule has 2 fully saturated rings. The third-order valence-electron chi connectivity index (χ3n) is 8.78. The van der Waals surface area contributed by atoms with Crippen LogP contribution < -0.4 is 20.7 Å². The number of anilines is 2. The van der Waals surface area contributed by atoms with Crippen LogP contribution >= 0.6 is 11.6 Å². The van der Waals surface area contributed by atoms with E-state index in [9.17, 15) is 39.0 Å². The van der Waals surface area contributed by atoms with Crippen LogP contribution in [0.15, 0.2) is 30.3 Å². The van der Waals surface area contributed by atoms with Crippen LogP contribution in [-0.4, -0.2) is 90.1 Å². The number of rotatable bonds is 5. The minimum Gasteiger partial charge on any atom is -0.505 e. The van der Waals surface area contributed by atoms with Crippen molar-refractivity contribution in [3.05, 3.63) is 46.5 Å². The predicted molar refractivity (Wildman–Crippen MR) is 157 cm³/mol. The van der Waals surface area contributed by atoms with Gasteiger partial charge in [0.25, 0.3) is 0 Å². The normalized spacial score (nSPS) is 27.8. The van der Waals surface area contributed by atoms with Gasteiger partial charge >= 0.3 is 6.09 Å². The summed E-state index contributed by atoms with van der Waals surface area (Å²) in [6.45, 7) is 0. The van der Waals surface area contributed by atoms with E-state index in [0.717, 1.165) is 0 Å². The molecule has 14 heteroatoms. The standard InChI is InChI=1S/C30H31ClN4O9/c1-34(2)18-11-17(33-29(42)44-14-7-5-13(31)6-8-14)23(36)20-15(18)9-12-10-16-22(35(3)4)25(38)21(28(32)41)27(40)30(16,43)26(39)19(12)24(20)37/h5-8,11-12,16,19,21-22,36,43H,9-10H2,1-4H3,(H2,32,41)(H,33,42)/t12-,16-,19?,21?,22-,30-/m1/s1. The van der Waals surface area contributed by atoms with Crippen LogP contribution in [0.5, 0.6) is 11.5 Å². The summed E-state index contributed by atoms with van der Waals surface area (Å²) in [6, 6.07) is 6.20. The van der Waals surface area contributed by atoms with Gasteiger partial charge in [-0.15, -0.1) is 0 Å². The number of aromatic hydroxyl groups is 1. The Morgan fingerprint density at radius 1 is 1.07 bits per heavy atom. The monoisotopic (exact) mass is 626 g/mol. The fourth-order valence-electron chi connectivity index (χ4n) is 6.89. The smallest absolute Gasteiger partial charge is 0.417 e. The summed E-state index contributed by atoms with van der Waals surface area (Å²) in [6.07, 6.45) is -0.989. The van der Waals surface area contributed by atoms with Crippen molar-refractivity contribution in [3.8, 4) is 11.5 Å². The summed E-state index contributed by atoms with van der Waals surface area (Å²) in [5.41, 5.74) is 2.92. The second kappa shape index (κ2) is 11.0. The van der Waals surface area contributed by atoms with Gasteiger partial charge in [-0.1, -0.05) is 11.6 Å². The highest BCUT2D eigenvalue weighted by Gasteiger charge is 2.69. The van der Waals surface area contributed by atoms with E-state index in [1.54, 1.807) is 19.0 Å². The van der Waals surface area contributed by atoms with E-state index in [1.165, 1.54) is 49.3 Å². The van der Waals surface area contributed by atoms with Gasteiger partial charge in [0.2, 0.25) is 5.91 Å². The van der Waals surface area contributed by atoms with Crippen LogP contribution in [-0.2, 0) is 25.6 Å². The zero-order valence-corrected chi connectivity index (χ0v) is 25.0. The molecule has 5 rings (SSSR count). The average molecular weight is 627 g/mol. The van der Waals surface area contributed by atoms with Crippen molar-refractivity contribution < 1.29 is 43.7 Å². The third kappa shape index (κ3) is 4.71. The molecule has 5 N–H and O–H groups in total. The molecule has 0 aromatic heterocycles. The Hall–Kier alpha value is -4.33. The number of likely N-dealkylation sites (N-methyl/N-ethyl adjacent to an activating group) is 1. The first-order valence-electron chi connectivity index (χ1n) is 13.7. The number of nitrogens with two attached hydrogens (primary N) is 1. The van der Waals surface area contributed by atoms with E-state index >= 15 is 0 Å². The number of nitrogens with one attached hydrogen (secondary N) is 1. The van der Waals surface area contributed by atoms with Gasteiger partial charge in [-0.2, -0.15) is 0 Å². The maximum Gasteiger partial charge on any atom is 0.417 e. The summed E-state index contributed by atoms with van der Waals surface area (Å²) in [7, 11) is 6.41. The second-order valence-corrected chi connectivity index (χ2v) is 12.2. The molecule has 3 aliphatic rings. The lowest BCUT2D eigenvalue weighted by Gasteiger charge is -2.52. The number of amides is 2. The van der Waals surface area contributed by atoms with Crippen molar-refractivity contribution in [2.75, 3.05) is 38.4 Å². The van der Waals surface area contributed by atoms with Crippen LogP contribution in [0.1, 0.15) is 22.3 Å². The lowest BCUT2D eigenvalue weighted by Crippen LogP contribution is -2.74. The summed E-state index contributed by atoms with van der Waals surface area (Å²) < 4.78 is 5.24. The van der Waals surface area contributed by atoms with Gasteiger partial charge in [-0.05, 0) is 68.8 Å². The van der Waals surface area contributed by atoms with Crippen molar-refractivity contribution in [3.63, 3.8) is 0 Å². The number of ether oxygens (including phenoxy) is 1. The number of aliphatic hydroxyl groups is 1. The highest BCUT2D eigenvalue weighted by molar-refractivity contribution is 6.32. The Kier molecular flexibility index (Phi) is 7.77. The van der Waals surface area contributed by atoms with Gasteiger partial charge < -0.3 is 25.6 Å². The first-order valence-corrected chi connectivity index (χ1v) is 14.1. The second-order valence-electron chi connectivity index (χ2n) is 11.8. The number of ketones is 4. The molecule has 0 heterocycles. The van der Waals surface area contributed by atoms with Crippen molar-refractivity contribution in [1.82, 2.24) is 4.90 Å². The quantitative estimate of drug-likeness (QED) is 0.275. The molecule has 2 aromatic carbocycles. The Labute approximate surface area is 256 Å². The largest absolute Gasteiger partial charge is 0.505 e. The average Bonchev–Trinajstić information content (AvgIpc) is 2.93. The summed E-state index contributed by atoms with van der Waals surface area (Å²) >= 11 is 5.87.